The third kappa shape index (κ3) is 4.23. The van der Waals surface area contributed by atoms with Crippen molar-refractivity contribution in [2.75, 3.05) is 7.11 Å². The molecule has 0 atom stereocenters. The minimum atomic E-state index is -1.20. The Morgan fingerprint density at radius 3 is 2.50 bits per heavy atom. The van der Waals surface area contributed by atoms with Crippen LogP contribution < -0.4 is 0 Å². The Balaban J connectivity index is 2.46. The first-order valence-corrected chi connectivity index (χ1v) is 7.48. The smallest absolute Gasteiger partial charge is 0.339 e. The van der Waals surface area contributed by atoms with Gasteiger partial charge in [-0.15, -0.1) is 0 Å². The zero-order valence-corrected chi connectivity index (χ0v) is 13.8. The zero-order valence-electron chi connectivity index (χ0n) is 13.8. The summed E-state index contributed by atoms with van der Waals surface area (Å²) in [6.45, 7) is 0. The van der Waals surface area contributed by atoms with Gasteiger partial charge in [0, 0.05) is 29.7 Å². The predicted molar refractivity (Wildman–Crippen MR) is 94.2 cm³/mol. The van der Waals surface area contributed by atoms with Gasteiger partial charge >= 0.3 is 5.97 Å². The lowest BCUT2D eigenvalue weighted by Gasteiger charge is -2.12. The van der Waals surface area contributed by atoms with Crippen molar-refractivity contribution in [3.8, 4) is 0 Å². The standard InChI is InChI=1S/C18H16N2O6/c1-26-11-16(18(21)22)14-7-2-3-8-15(14)17(19-23)10-12-5-4-6-13(9-12)20(24)25/h2-9,11,23H,10H2,1H3,(H,21,22). The fourth-order valence-electron chi connectivity index (χ4n) is 2.47. The van der Waals surface area contributed by atoms with Crippen molar-refractivity contribution in [1.29, 1.82) is 0 Å². The zero-order chi connectivity index (χ0) is 19.1. The third-order valence-electron chi connectivity index (χ3n) is 3.61. The van der Waals surface area contributed by atoms with Crippen molar-refractivity contribution >= 4 is 22.9 Å². The van der Waals surface area contributed by atoms with Crippen LogP contribution in [0.2, 0.25) is 0 Å². The average Bonchev–Trinajstić information content (AvgIpc) is 2.64. The monoisotopic (exact) mass is 356 g/mol. The molecule has 0 aliphatic heterocycles. The summed E-state index contributed by atoms with van der Waals surface area (Å²) in [6, 6.07) is 12.4. The molecule has 2 N–H and O–H groups in total. The van der Waals surface area contributed by atoms with Gasteiger partial charge in [-0.05, 0) is 5.56 Å². The Hall–Kier alpha value is -3.68. The largest absolute Gasteiger partial charge is 0.503 e. The maximum atomic E-state index is 11.5. The molecule has 0 aliphatic carbocycles. The van der Waals surface area contributed by atoms with Crippen LogP contribution in [0.25, 0.3) is 5.57 Å². The molecule has 0 unspecified atom stereocenters. The van der Waals surface area contributed by atoms with Crippen LogP contribution in [0, 0.1) is 10.1 Å². The number of rotatable bonds is 7. The van der Waals surface area contributed by atoms with E-state index >= 15 is 0 Å². The van der Waals surface area contributed by atoms with Gasteiger partial charge in [-0.2, -0.15) is 0 Å². The molecule has 8 nitrogen and oxygen atoms in total. The van der Waals surface area contributed by atoms with Crippen molar-refractivity contribution in [2.24, 2.45) is 5.16 Å². The van der Waals surface area contributed by atoms with E-state index in [-0.39, 0.29) is 23.4 Å². The third-order valence-corrected chi connectivity index (χ3v) is 3.61. The molecule has 0 amide bonds. The SMILES string of the molecule is COC=C(C(=O)O)c1ccccc1C(Cc1cccc([N+](=O)[O-])c1)=NO. The van der Waals surface area contributed by atoms with Gasteiger partial charge in [0.15, 0.2) is 0 Å². The molecule has 0 aromatic heterocycles. The summed E-state index contributed by atoms with van der Waals surface area (Å²) in [7, 11) is 1.33. The Morgan fingerprint density at radius 2 is 1.92 bits per heavy atom. The van der Waals surface area contributed by atoms with E-state index < -0.39 is 10.9 Å². The normalized spacial score (nSPS) is 11.9. The molecule has 0 spiro atoms. The molecular formula is C18H16N2O6. The second kappa shape index (κ2) is 8.43. The van der Waals surface area contributed by atoms with Gasteiger partial charge in [0.05, 0.1) is 24.0 Å². The van der Waals surface area contributed by atoms with Crippen LogP contribution in [-0.2, 0) is 16.0 Å². The average molecular weight is 356 g/mol. The number of methoxy groups -OCH3 is 1. The number of non-ortho nitro benzene ring substituents is 1. The summed E-state index contributed by atoms with van der Waals surface area (Å²) in [6.07, 6.45) is 1.17. The van der Waals surface area contributed by atoms with Crippen LogP contribution in [0.15, 0.2) is 59.9 Å². The first kappa shape index (κ1) is 18.7. The summed E-state index contributed by atoms with van der Waals surface area (Å²) in [5.41, 5.74) is 1.22. The van der Waals surface area contributed by atoms with Gasteiger partial charge in [0.25, 0.3) is 5.69 Å². The molecule has 0 heterocycles. The first-order valence-electron chi connectivity index (χ1n) is 7.48. The van der Waals surface area contributed by atoms with E-state index in [1.807, 2.05) is 0 Å². The molecule has 0 bridgehead atoms. The molecule has 2 aromatic rings. The van der Waals surface area contributed by atoms with E-state index in [9.17, 15) is 25.2 Å². The van der Waals surface area contributed by atoms with Gasteiger partial charge < -0.3 is 15.1 Å². The quantitative estimate of drug-likeness (QED) is 0.196. The van der Waals surface area contributed by atoms with E-state index in [1.165, 1.54) is 25.3 Å². The minimum absolute atomic E-state index is 0.0784. The molecule has 0 aliphatic rings. The van der Waals surface area contributed by atoms with E-state index in [0.717, 1.165) is 6.26 Å². The first-order chi connectivity index (χ1) is 12.5. The molecule has 2 aromatic carbocycles. The van der Waals surface area contributed by atoms with Gasteiger partial charge in [-0.1, -0.05) is 41.6 Å². The van der Waals surface area contributed by atoms with Gasteiger partial charge in [0.1, 0.15) is 5.57 Å². The maximum Gasteiger partial charge on any atom is 0.339 e. The molecule has 2 rings (SSSR count). The van der Waals surface area contributed by atoms with E-state index in [4.69, 9.17) is 4.74 Å². The number of ether oxygens (including phenoxy) is 1. The van der Waals surface area contributed by atoms with Gasteiger partial charge in [0.2, 0.25) is 0 Å². The number of nitrogens with zero attached hydrogens (tertiary/aromatic N) is 2. The molecule has 0 radical (unpaired) electrons. The number of carboxylic acids is 1. The molecule has 26 heavy (non-hydrogen) atoms. The second-order valence-electron chi connectivity index (χ2n) is 5.27. The number of carbonyl (C=O) groups is 1. The van der Waals surface area contributed by atoms with Crippen LogP contribution in [0.3, 0.4) is 0 Å². The number of benzene rings is 2. The van der Waals surface area contributed by atoms with E-state index in [1.54, 1.807) is 30.3 Å². The van der Waals surface area contributed by atoms with Gasteiger partial charge in [-0.25, -0.2) is 4.79 Å². The lowest BCUT2D eigenvalue weighted by molar-refractivity contribution is -0.384. The number of nitro benzene ring substituents is 1. The Morgan fingerprint density at radius 1 is 1.23 bits per heavy atom. The second-order valence-corrected chi connectivity index (χ2v) is 5.27. The molecule has 134 valence electrons. The highest BCUT2D eigenvalue weighted by molar-refractivity contribution is 6.19. The van der Waals surface area contributed by atoms with Crippen LogP contribution in [-0.4, -0.2) is 34.0 Å². The van der Waals surface area contributed by atoms with Crippen molar-refractivity contribution in [3.63, 3.8) is 0 Å². The number of hydrogen-bond acceptors (Lipinski definition) is 6. The Kier molecular flexibility index (Phi) is 6.05. The topological polar surface area (TPSA) is 122 Å². The molecular weight excluding hydrogens is 340 g/mol. The summed E-state index contributed by atoms with van der Waals surface area (Å²) in [4.78, 5) is 21.9. The number of carboxylic acid groups (broad SMARTS) is 1. The predicted octanol–water partition coefficient (Wildman–Crippen LogP) is 3.09. The lowest BCUT2D eigenvalue weighted by Crippen LogP contribution is -2.11. The Labute approximate surface area is 148 Å². The molecule has 0 fully saturated rings. The van der Waals surface area contributed by atoms with Crippen molar-refractivity contribution in [3.05, 3.63) is 81.6 Å². The lowest BCUT2D eigenvalue weighted by atomic mass is 9.94. The molecule has 0 saturated carbocycles. The minimum Gasteiger partial charge on any atom is -0.503 e. The van der Waals surface area contributed by atoms with Crippen molar-refractivity contribution in [1.82, 2.24) is 0 Å². The molecule has 0 saturated heterocycles. The fourth-order valence-corrected chi connectivity index (χ4v) is 2.47. The highest BCUT2D eigenvalue weighted by atomic mass is 16.6. The van der Waals surface area contributed by atoms with Crippen LogP contribution >= 0.6 is 0 Å². The van der Waals surface area contributed by atoms with Crippen molar-refractivity contribution < 1.29 is 24.8 Å². The Bertz CT molecular complexity index is 889. The summed E-state index contributed by atoms with van der Waals surface area (Å²) >= 11 is 0. The number of aliphatic carboxylic acids is 1. The van der Waals surface area contributed by atoms with E-state index in [2.05, 4.69) is 5.16 Å². The number of hydrogen-bond donors (Lipinski definition) is 2. The summed E-state index contributed by atoms with van der Waals surface area (Å²) in [5.74, 6) is -1.20. The highest BCUT2D eigenvalue weighted by Gasteiger charge is 2.19. The maximum absolute atomic E-state index is 11.5. The molecule has 8 heteroatoms. The number of nitro groups is 1. The number of oxime groups is 1. The summed E-state index contributed by atoms with van der Waals surface area (Å²) in [5, 5.41) is 33.0. The van der Waals surface area contributed by atoms with Crippen molar-refractivity contribution in [2.45, 2.75) is 6.42 Å². The summed E-state index contributed by atoms with van der Waals surface area (Å²) < 4.78 is 4.83. The highest BCUT2D eigenvalue weighted by Crippen LogP contribution is 2.23. The van der Waals surface area contributed by atoms with Crippen LogP contribution in [0.5, 0.6) is 0 Å². The van der Waals surface area contributed by atoms with Crippen LogP contribution in [0.4, 0.5) is 5.69 Å². The van der Waals surface area contributed by atoms with Crippen LogP contribution in [0.1, 0.15) is 16.7 Å². The van der Waals surface area contributed by atoms with Gasteiger partial charge in [-0.3, -0.25) is 10.1 Å². The van der Waals surface area contributed by atoms with E-state index in [0.29, 0.717) is 16.7 Å². The fraction of sp³-hybridized carbons (Fsp3) is 0.111.